The maximum absolute atomic E-state index is 12.7. The molecule has 0 spiro atoms. The van der Waals surface area contributed by atoms with E-state index in [0.29, 0.717) is 4.88 Å². The summed E-state index contributed by atoms with van der Waals surface area (Å²) in [6, 6.07) is 17.0. The molecule has 0 atom stereocenters. The van der Waals surface area contributed by atoms with Crippen LogP contribution in [0.2, 0.25) is 5.02 Å². The second-order valence-corrected chi connectivity index (χ2v) is 8.74. The third-order valence-electron chi connectivity index (χ3n) is 3.58. The van der Waals surface area contributed by atoms with E-state index in [-0.39, 0.29) is 20.4 Å². The van der Waals surface area contributed by atoms with Gasteiger partial charge in [-0.15, -0.1) is 11.3 Å². The summed E-state index contributed by atoms with van der Waals surface area (Å²) in [5.74, 6) is -1.56. The number of hydrogen-bond donors (Lipinski definition) is 1. The highest BCUT2D eigenvalue weighted by Crippen LogP contribution is 2.34. The van der Waals surface area contributed by atoms with Crippen molar-refractivity contribution >= 4 is 38.7 Å². The topological polar surface area (TPSA) is 71.4 Å². The molecule has 1 heterocycles. The zero-order valence-electron chi connectivity index (χ0n) is 12.8. The van der Waals surface area contributed by atoms with Crippen molar-refractivity contribution in [3.8, 4) is 10.4 Å². The van der Waals surface area contributed by atoms with E-state index in [9.17, 15) is 18.3 Å². The Morgan fingerprint density at radius 2 is 1.68 bits per heavy atom. The molecule has 0 bridgehead atoms. The van der Waals surface area contributed by atoms with Gasteiger partial charge in [-0.2, -0.15) is 0 Å². The van der Waals surface area contributed by atoms with Crippen molar-refractivity contribution in [2.45, 2.75) is 10.6 Å². The molecule has 1 N–H and O–H groups in total. The van der Waals surface area contributed by atoms with Gasteiger partial charge in [-0.25, -0.2) is 13.2 Å². The zero-order valence-corrected chi connectivity index (χ0v) is 15.2. The summed E-state index contributed by atoms with van der Waals surface area (Å²) in [6.07, 6.45) is 0. The Bertz CT molecular complexity index is 1020. The quantitative estimate of drug-likeness (QED) is 0.680. The second kappa shape index (κ2) is 7.00. The molecule has 0 aliphatic rings. The van der Waals surface area contributed by atoms with Crippen LogP contribution < -0.4 is 0 Å². The van der Waals surface area contributed by atoms with Gasteiger partial charge in [-0.05, 0) is 29.3 Å². The molecule has 0 aliphatic carbocycles. The van der Waals surface area contributed by atoms with Crippen molar-refractivity contribution in [3.05, 3.63) is 76.1 Å². The Balaban J connectivity index is 2.04. The van der Waals surface area contributed by atoms with Crippen LogP contribution in [0, 0.1) is 0 Å². The minimum absolute atomic E-state index is 0.000432. The van der Waals surface area contributed by atoms with Crippen molar-refractivity contribution in [1.29, 1.82) is 0 Å². The minimum Gasteiger partial charge on any atom is -0.477 e. The van der Waals surface area contributed by atoms with Crippen molar-refractivity contribution in [1.82, 2.24) is 0 Å². The van der Waals surface area contributed by atoms with Crippen molar-refractivity contribution < 1.29 is 18.3 Å². The molecule has 4 nitrogen and oxygen atoms in total. The number of carboxylic acids is 1. The number of hydrogen-bond acceptors (Lipinski definition) is 4. The van der Waals surface area contributed by atoms with E-state index in [4.69, 9.17) is 11.6 Å². The number of carboxylic acid groups (broad SMARTS) is 1. The van der Waals surface area contributed by atoms with Crippen molar-refractivity contribution in [2.24, 2.45) is 0 Å². The van der Waals surface area contributed by atoms with Crippen molar-refractivity contribution in [3.63, 3.8) is 0 Å². The molecule has 0 saturated carbocycles. The molecule has 0 amide bonds. The minimum atomic E-state index is -3.76. The van der Waals surface area contributed by atoms with Crippen LogP contribution >= 0.6 is 22.9 Å². The largest absolute Gasteiger partial charge is 0.477 e. The molecular formula is C18H13ClO4S2. The molecule has 0 unspecified atom stereocenters. The molecule has 1 aromatic heterocycles. The van der Waals surface area contributed by atoms with Crippen LogP contribution in [0.15, 0.2) is 65.6 Å². The first kappa shape index (κ1) is 17.7. The predicted molar refractivity (Wildman–Crippen MR) is 99.1 cm³/mol. The third-order valence-corrected chi connectivity index (χ3v) is 6.95. The Labute approximate surface area is 154 Å². The number of sulfone groups is 1. The Morgan fingerprint density at radius 3 is 2.32 bits per heavy atom. The van der Waals surface area contributed by atoms with Crippen LogP contribution in [0.1, 0.15) is 15.2 Å². The third kappa shape index (κ3) is 3.76. The van der Waals surface area contributed by atoms with Gasteiger partial charge in [-0.1, -0.05) is 54.1 Å². The molecule has 0 saturated heterocycles. The van der Waals surface area contributed by atoms with Gasteiger partial charge in [0.15, 0.2) is 9.84 Å². The van der Waals surface area contributed by atoms with Gasteiger partial charge in [0.2, 0.25) is 0 Å². The van der Waals surface area contributed by atoms with Gasteiger partial charge in [0, 0.05) is 4.88 Å². The van der Waals surface area contributed by atoms with Gasteiger partial charge >= 0.3 is 5.97 Å². The number of rotatable bonds is 5. The van der Waals surface area contributed by atoms with E-state index in [2.05, 4.69) is 0 Å². The lowest BCUT2D eigenvalue weighted by Crippen LogP contribution is -2.08. The Kier molecular flexibility index (Phi) is 4.94. The van der Waals surface area contributed by atoms with Crippen LogP contribution in [-0.2, 0) is 15.6 Å². The van der Waals surface area contributed by atoms with Crippen LogP contribution in [0.4, 0.5) is 0 Å². The predicted octanol–water partition coefficient (Wildman–Crippen LogP) is 4.74. The van der Waals surface area contributed by atoms with Gasteiger partial charge in [0.1, 0.15) is 4.88 Å². The van der Waals surface area contributed by atoms with Crippen molar-refractivity contribution in [2.75, 3.05) is 0 Å². The van der Waals surface area contributed by atoms with Crippen LogP contribution in [-0.4, -0.2) is 19.5 Å². The SMILES string of the molecule is O=C(O)c1sc(-c2ccccc2)cc1CS(=O)(=O)c1ccccc1Cl. The molecule has 0 fully saturated rings. The molecule has 3 rings (SSSR count). The number of carbonyl (C=O) groups is 1. The summed E-state index contributed by atoms with van der Waals surface area (Å²) in [4.78, 5) is 12.3. The van der Waals surface area contributed by atoms with Crippen LogP contribution in [0.5, 0.6) is 0 Å². The monoisotopic (exact) mass is 392 g/mol. The molecule has 2 aromatic carbocycles. The summed E-state index contributed by atoms with van der Waals surface area (Å²) in [7, 11) is -3.76. The first-order valence-corrected chi connectivity index (χ1v) is 10.1. The average molecular weight is 393 g/mol. The fourth-order valence-corrected chi connectivity index (χ4v) is 5.49. The number of benzene rings is 2. The van der Waals surface area contributed by atoms with E-state index < -0.39 is 21.6 Å². The first-order chi connectivity index (χ1) is 11.9. The van der Waals surface area contributed by atoms with Gasteiger partial charge in [0.25, 0.3) is 0 Å². The lowest BCUT2D eigenvalue weighted by Gasteiger charge is -2.06. The maximum atomic E-state index is 12.7. The van der Waals surface area contributed by atoms with E-state index in [1.807, 2.05) is 30.3 Å². The highest BCUT2D eigenvalue weighted by atomic mass is 35.5. The normalized spacial score (nSPS) is 11.4. The highest BCUT2D eigenvalue weighted by Gasteiger charge is 2.24. The molecule has 3 aromatic rings. The van der Waals surface area contributed by atoms with Crippen LogP contribution in [0.3, 0.4) is 0 Å². The smallest absolute Gasteiger partial charge is 0.346 e. The van der Waals surface area contributed by atoms with Gasteiger partial charge < -0.3 is 5.11 Å². The second-order valence-electron chi connectivity index (χ2n) is 5.33. The molecular weight excluding hydrogens is 380 g/mol. The standard InChI is InChI=1S/C18H13ClO4S2/c19-14-8-4-5-9-16(14)25(22,23)11-13-10-15(24-17(13)18(20)21)12-6-2-1-3-7-12/h1-10H,11H2,(H,20,21). The van der Waals surface area contributed by atoms with E-state index in [1.165, 1.54) is 12.1 Å². The van der Waals surface area contributed by atoms with Gasteiger partial charge in [0.05, 0.1) is 15.7 Å². The summed E-state index contributed by atoms with van der Waals surface area (Å²) >= 11 is 7.05. The Morgan fingerprint density at radius 1 is 1.04 bits per heavy atom. The average Bonchev–Trinajstić information content (AvgIpc) is 2.99. The summed E-state index contributed by atoms with van der Waals surface area (Å²) < 4.78 is 25.3. The molecule has 0 radical (unpaired) electrons. The summed E-state index contributed by atoms with van der Waals surface area (Å²) in [6.45, 7) is 0. The lowest BCUT2D eigenvalue weighted by atomic mass is 10.1. The van der Waals surface area contributed by atoms with Gasteiger partial charge in [-0.3, -0.25) is 0 Å². The zero-order chi connectivity index (χ0) is 18.0. The fraction of sp³-hybridized carbons (Fsp3) is 0.0556. The van der Waals surface area contributed by atoms with Crippen LogP contribution in [0.25, 0.3) is 10.4 Å². The summed E-state index contributed by atoms with van der Waals surface area (Å²) in [5.41, 5.74) is 1.10. The number of halogens is 1. The molecule has 128 valence electrons. The molecule has 7 heteroatoms. The van der Waals surface area contributed by atoms with E-state index >= 15 is 0 Å². The highest BCUT2D eigenvalue weighted by molar-refractivity contribution is 7.90. The van der Waals surface area contributed by atoms with E-state index in [0.717, 1.165) is 16.9 Å². The number of aromatic carboxylic acids is 1. The summed E-state index contributed by atoms with van der Waals surface area (Å²) in [5, 5.41) is 9.56. The maximum Gasteiger partial charge on any atom is 0.346 e. The fourth-order valence-electron chi connectivity index (χ4n) is 2.44. The number of thiophene rings is 1. The Hall–Kier alpha value is -2.15. The molecule has 0 aliphatic heterocycles. The molecule has 25 heavy (non-hydrogen) atoms. The first-order valence-electron chi connectivity index (χ1n) is 7.27. The lowest BCUT2D eigenvalue weighted by molar-refractivity contribution is 0.0701. The van der Waals surface area contributed by atoms with E-state index in [1.54, 1.807) is 18.2 Å².